The number of benzene rings is 1. The summed E-state index contributed by atoms with van der Waals surface area (Å²) in [6.45, 7) is 5.38. The highest BCUT2D eigenvalue weighted by atomic mass is 32.2. The third-order valence-electron chi connectivity index (χ3n) is 7.82. The molecule has 3 amide bonds. The molecule has 2 saturated heterocycles. The van der Waals surface area contributed by atoms with E-state index in [0.717, 1.165) is 16.8 Å². The number of carbonyl (C=O) groups is 3. The van der Waals surface area contributed by atoms with E-state index in [0.29, 0.717) is 32.5 Å². The average molecular weight is 496 g/mol. The number of nitrogens with zero attached hydrogens (tertiary/aromatic N) is 3. The summed E-state index contributed by atoms with van der Waals surface area (Å²) in [4.78, 5) is 47.0. The molecular weight excluding hydrogens is 462 g/mol. The number of likely N-dealkylation sites (N-methyl/N-ethyl adjacent to an activating group) is 1. The lowest BCUT2D eigenvalue weighted by atomic mass is 9.78. The van der Waals surface area contributed by atoms with Crippen LogP contribution in [0.4, 0.5) is 5.69 Å². The standard InChI is InChI=1S/C27H33N3O4S/c1-17-9-10-18(2)19(16-17)29-14-7-11-27-22(21-20(35-27)8-6-12-28(3)24(21)32)25(33)30(13-4-5-15-31)23(27)26(29)34/h6-11,16,20-23,31H,4-5,12-15H2,1-3H3/t20-,21+,22+,23?,27+/m1/s1. The quantitative estimate of drug-likeness (QED) is 0.501. The fraction of sp³-hybridized carbons (Fsp3) is 0.519. The zero-order valence-corrected chi connectivity index (χ0v) is 21.3. The Bertz CT molecular complexity index is 1120. The minimum absolute atomic E-state index is 0.0323. The fourth-order valence-corrected chi connectivity index (χ4v) is 8.13. The molecule has 4 heterocycles. The molecule has 0 aromatic heterocycles. The molecule has 5 rings (SSSR count). The van der Waals surface area contributed by atoms with Gasteiger partial charge in [-0.05, 0) is 43.9 Å². The highest BCUT2D eigenvalue weighted by Crippen LogP contribution is 2.61. The first-order chi connectivity index (χ1) is 16.8. The van der Waals surface area contributed by atoms with Crippen LogP contribution in [0.2, 0.25) is 0 Å². The Balaban J connectivity index is 1.61. The van der Waals surface area contributed by atoms with Crippen molar-refractivity contribution in [1.29, 1.82) is 0 Å². The molecule has 186 valence electrons. The first-order valence-electron chi connectivity index (χ1n) is 12.4. The van der Waals surface area contributed by atoms with Crippen molar-refractivity contribution in [2.24, 2.45) is 11.8 Å². The van der Waals surface area contributed by atoms with Crippen LogP contribution in [0.3, 0.4) is 0 Å². The number of likely N-dealkylation sites (tertiary alicyclic amines) is 1. The Labute approximate surface area is 210 Å². The Kier molecular flexibility index (Phi) is 6.30. The summed E-state index contributed by atoms with van der Waals surface area (Å²) in [5, 5.41) is 9.20. The summed E-state index contributed by atoms with van der Waals surface area (Å²) in [6.07, 6.45) is 9.27. The second-order valence-corrected chi connectivity index (χ2v) is 11.6. The molecular formula is C27H33N3O4S. The van der Waals surface area contributed by atoms with E-state index in [-0.39, 0.29) is 29.6 Å². The Morgan fingerprint density at radius 2 is 1.86 bits per heavy atom. The third-order valence-corrected chi connectivity index (χ3v) is 9.57. The molecule has 1 spiro atoms. The lowest BCUT2D eigenvalue weighted by Gasteiger charge is -2.35. The lowest BCUT2D eigenvalue weighted by Crippen LogP contribution is -2.53. The van der Waals surface area contributed by atoms with E-state index >= 15 is 0 Å². The number of anilines is 1. The Morgan fingerprint density at radius 3 is 2.63 bits per heavy atom. The van der Waals surface area contributed by atoms with Crippen molar-refractivity contribution in [2.75, 3.05) is 38.2 Å². The number of hydrogen-bond acceptors (Lipinski definition) is 5. The van der Waals surface area contributed by atoms with E-state index in [9.17, 15) is 19.5 Å². The summed E-state index contributed by atoms with van der Waals surface area (Å²) in [6, 6.07) is 5.38. The summed E-state index contributed by atoms with van der Waals surface area (Å²) < 4.78 is -0.798. The first kappa shape index (κ1) is 24.1. The number of hydrogen-bond donors (Lipinski definition) is 1. The van der Waals surface area contributed by atoms with Crippen LogP contribution in [0.25, 0.3) is 0 Å². The van der Waals surface area contributed by atoms with Gasteiger partial charge in [-0.3, -0.25) is 14.4 Å². The number of aryl methyl sites for hydroxylation is 2. The smallest absolute Gasteiger partial charge is 0.251 e. The summed E-state index contributed by atoms with van der Waals surface area (Å²) in [7, 11) is 1.77. The predicted octanol–water partition coefficient (Wildman–Crippen LogP) is 2.30. The topological polar surface area (TPSA) is 81.2 Å². The maximum Gasteiger partial charge on any atom is 0.251 e. The highest BCUT2D eigenvalue weighted by molar-refractivity contribution is 8.02. The minimum Gasteiger partial charge on any atom is -0.396 e. The monoisotopic (exact) mass is 495 g/mol. The normalized spacial score (nSPS) is 32.0. The van der Waals surface area contributed by atoms with Gasteiger partial charge < -0.3 is 19.8 Å². The number of rotatable bonds is 5. The van der Waals surface area contributed by atoms with Gasteiger partial charge in [0.2, 0.25) is 11.8 Å². The number of aliphatic hydroxyl groups is 1. The SMILES string of the molecule is Cc1ccc(C)c(N2CC=C[C@]34S[C@@H]5C=CCN(C)C(=O)[C@@H]5[C@H]3C(=O)N(CCCCO)C4C2=O)c1. The van der Waals surface area contributed by atoms with Gasteiger partial charge >= 0.3 is 0 Å². The third kappa shape index (κ3) is 3.73. The van der Waals surface area contributed by atoms with Gasteiger partial charge in [-0.15, -0.1) is 11.8 Å². The van der Waals surface area contributed by atoms with Crippen molar-refractivity contribution in [3.63, 3.8) is 0 Å². The zero-order chi connectivity index (χ0) is 24.9. The van der Waals surface area contributed by atoms with Gasteiger partial charge in [0, 0.05) is 44.2 Å². The number of unbranched alkanes of at least 4 members (excludes halogenated alkanes) is 1. The molecule has 7 nitrogen and oxygen atoms in total. The van der Waals surface area contributed by atoms with Gasteiger partial charge in [0.1, 0.15) is 6.04 Å². The maximum atomic E-state index is 14.4. The number of thioether (sulfide) groups is 1. The van der Waals surface area contributed by atoms with Crippen LogP contribution in [0.15, 0.2) is 42.5 Å². The van der Waals surface area contributed by atoms with Gasteiger partial charge in [0.05, 0.1) is 16.6 Å². The van der Waals surface area contributed by atoms with Crippen molar-refractivity contribution < 1.29 is 19.5 Å². The first-order valence-corrected chi connectivity index (χ1v) is 13.2. The van der Waals surface area contributed by atoms with Crippen molar-refractivity contribution >= 4 is 35.2 Å². The largest absolute Gasteiger partial charge is 0.396 e. The second kappa shape index (κ2) is 9.13. The van der Waals surface area contributed by atoms with E-state index in [1.807, 2.05) is 44.2 Å². The fourth-order valence-electron chi connectivity index (χ4n) is 6.12. The minimum atomic E-state index is -0.798. The Morgan fingerprint density at radius 1 is 1.06 bits per heavy atom. The molecule has 8 heteroatoms. The molecule has 0 saturated carbocycles. The van der Waals surface area contributed by atoms with Crippen LogP contribution < -0.4 is 4.90 Å². The molecule has 5 atom stereocenters. The van der Waals surface area contributed by atoms with Crippen LogP contribution in [-0.2, 0) is 14.4 Å². The van der Waals surface area contributed by atoms with Crippen molar-refractivity contribution in [3.8, 4) is 0 Å². The number of fused-ring (bicyclic) bond motifs is 2. The summed E-state index contributed by atoms with van der Waals surface area (Å²) in [5.41, 5.74) is 2.93. The Hall–Kier alpha value is -2.58. The molecule has 0 bridgehead atoms. The van der Waals surface area contributed by atoms with E-state index < -0.39 is 22.6 Å². The zero-order valence-electron chi connectivity index (χ0n) is 20.5. The van der Waals surface area contributed by atoms with Crippen molar-refractivity contribution in [3.05, 3.63) is 53.6 Å². The van der Waals surface area contributed by atoms with E-state index in [2.05, 4.69) is 12.2 Å². The molecule has 1 aromatic carbocycles. The van der Waals surface area contributed by atoms with Gasteiger partial charge in [-0.1, -0.05) is 36.4 Å². The van der Waals surface area contributed by atoms with Crippen LogP contribution in [0, 0.1) is 25.7 Å². The average Bonchev–Trinajstić information content (AvgIpc) is 3.15. The van der Waals surface area contributed by atoms with Gasteiger partial charge in [0.25, 0.3) is 5.91 Å². The molecule has 35 heavy (non-hydrogen) atoms. The maximum absolute atomic E-state index is 14.4. The molecule has 0 aliphatic carbocycles. The molecule has 1 N–H and O–H groups in total. The van der Waals surface area contributed by atoms with Crippen molar-refractivity contribution in [1.82, 2.24) is 9.80 Å². The van der Waals surface area contributed by atoms with Crippen LogP contribution in [0.1, 0.15) is 24.0 Å². The molecule has 2 fully saturated rings. The highest BCUT2D eigenvalue weighted by Gasteiger charge is 2.70. The number of amides is 3. The second-order valence-electron chi connectivity index (χ2n) is 10.1. The van der Waals surface area contributed by atoms with E-state index in [1.165, 1.54) is 0 Å². The summed E-state index contributed by atoms with van der Waals surface area (Å²) >= 11 is 1.60. The molecule has 0 radical (unpaired) electrons. The van der Waals surface area contributed by atoms with Gasteiger partial charge in [-0.25, -0.2) is 0 Å². The van der Waals surface area contributed by atoms with E-state index in [4.69, 9.17) is 0 Å². The van der Waals surface area contributed by atoms with Crippen LogP contribution in [-0.4, -0.2) is 82.0 Å². The van der Waals surface area contributed by atoms with Crippen LogP contribution in [0.5, 0.6) is 0 Å². The number of aliphatic hydroxyl groups excluding tert-OH is 1. The van der Waals surface area contributed by atoms with Gasteiger partial charge in [-0.2, -0.15) is 0 Å². The van der Waals surface area contributed by atoms with E-state index in [1.54, 1.807) is 33.5 Å². The molecule has 4 aliphatic heterocycles. The predicted molar refractivity (Wildman–Crippen MR) is 137 cm³/mol. The van der Waals surface area contributed by atoms with Crippen LogP contribution >= 0.6 is 11.8 Å². The van der Waals surface area contributed by atoms with Gasteiger partial charge in [0.15, 0.2) is 0 Å². The molecule has 4 aliphatic rings. The summed E-state index contributed by atoms with van der Waals surface area (Å²) in [5.74, 6) is -1.34. The lowest BCUT2D eigenvalue weighted by molar-refractivity contribution is -0.142. The molecule has 1 aromatic rings. The van der Waals surface area contributed by atoms with Crippen molar-refractivity contribution in [2.45, 2.75) is 42.7 Å². The number of carbonyl (C=O) groups excluding carboxylic acids is 3. The molecule has 1 unspecified atom stereocenters.